The van der Waals surface area contributed by atoms with Gasteiger partial charge in [0, 0.05) is 19.4 Å². The van der Waals surface area contributed by atoms with Gasteiger partial charge in [0.05, 0.1) is 91.3 Å². The third-order valence-corrected chi connectivity index (χ3v) is 5.73. The summed E-state index contributed by atoms with van der Waals surface area (Å²) in [5.74, 6) is -2.32. The van der Waals surface area contributed by atoms with Gasteiger partial charge in [-0.05, 0) is 45.0 Å². The van der Waals surface area contributed by atoms with Gasteiger partial charge in [-0.1, -0.05) is 0 Å². The quantitative estimate of drug-likeness (QED) is 0.0727. The van der Waals surface area contributed by atoms with E-state index in [1.807, 2.05) is 0 Å². The predicted molar refractivity (Wildman–Crippen MR) is 162 cm³/mol. The van der Waals surface area contributed by atoms with Crippen molar-refractivity contribution < 1.29 is 66.7 Å². The summed E-state index contributed by atoms with van der Waals surface area (Å²) in [6.07, 6.45) is -0.454. The van der Waals surface area contributed by atoms with Crippen LogP contribution in [0.15, 0.2) is 24.3 Å². The molecule has 1 aromatic rings. The number of hydroxylamine groups is 2. The number of nitrogens with zero attached hydrogens (tertiary/aromatic N) is 1. The Morgan fingerprint density at radius 1 is 0.681 bits per heavy atom. The van der Waals surface area contributed by atoms with E-state index >= 15 is 0 Å². The number of amides is 3. The molecule has 16 heteroatoms. The van der Waals surface area contributed by atoms with Crippen LogP contribution in [0.4, 0.5) is 4.79 Å². The summed E-state index contributed by atoms with van der Waals surface area (Å²) in [4.78, 5) is 63.6. The molecule has 264 valence electrons. The highest BCUT2D eigenvalue weighted by atomic mass is 16.7. The zero-order chi connectivity index (χ0) is 34.3. The molecule has 0 aliphatic carbocycles. The predicted octanol–water partition coefficient (Wildman–Crippen LogP) is 1.83. The van der Waals surface area contributed by atoms with Gasteiger partial charge in [0.15, 0.2) is 0 Å². The van der Waals surface area contributed by atoms with Gasteiger partial charge in [0.2, 0.25) is 0 Å². The van der Waals surface area contributed by atoms with Gasteiger partial charge in [-0.3, -0.25) is 14.4 Å². The molecule has 1 aliphatic heterocycles. The number of hydrogen-bond donors (Lipinski definition) is 1. The molecule has 1 aromatic carbocycles. The topological polar surface area (TPSA) is 184 Å². The van der Waals surface area contributed by atoms with E-state index in [-0.39, 0.29) is 37.2 Å². The molecule has 0 saturated carbocycles. The van der Waals surface area contributed by atoms with E-state index in [0.717, 1.165) is 0 Å². The second-order valence-corrected chi connectivity index (χ2v) is 10.8. The Hall–Kier alpha value is -3.67. The van der Waals surface area contributed by atoms with Crippen molar-refractivity contribution in [3.63, 3.8) is 0 Å². The molecule has 0 radical (unpaired) electrons. The Kier molecular flexibility index (Phi) is 19.2. The number of carbonyl (C=O) groups is 5. The van der Waals surface area contributed by atoms with Crippen LogP contribution in [0.2, 0.25) is 0 Å². The Morgan fingerprint density at radius 3 is 1.60 bits per heavy atom. The van der Waals surface area contributed by atoms with Gasteiger partial charge >= 0.3 is 18.0 Å². The van der Waals surface area contributed by atoms with E-state index in [9.17, 15) is 24.0 Å². The van der Waals surface area contributed by atoms with Crippen LogP contribution in [0.5, 0.6) is 5.75 Å². The molecule has 1 fully saturated rings. The van der Waals surface area contributed by atoms with Gasteiger partial charge < -0.3 is 48.0 Å². The number of rotatable bonds is 24. The SMILES string of the molecule is CC(C)(C)OC(=O)NCCOCCOCCOCCOCCOCCOCCC(=O)Oc1ccc(C(=O)ON2C(=O)CCC2=O)cc1. The van der Waals surface area contributed by atoms with Gasteiger partial charge in [-0.15, -0.1) is 5.06 Å². The normalized spacial score (nSPS) is 13.1. The van der Waals surface area contributed by atoms with Crippen LogP contribution in [-0.2, 0) is 52.4 Å². The Labute approximate surface area is 274 Å². The lowest BCUT2D eigenvalue weighted by Gasteiger charge is -2.19. The molecule has 0 bridgehead atoms. The van der Waals surface area contributed by atoms with E-state index in [1.54, 1.807) is 20.8 Å². The fourth-order valence-corrected chi connectivity index (χ4v) is 3.53. The summed E-state index contributed by atoms with van der Waals surface area (Å²) in [5.41, 5.74) is -0.444. The first-order chi connectivity index (χ1) is 22.5. The van der Waals surface area contributed by atoms with Crippen molar-refractivity contribution in [1.82, 2.24) is 10.4 Å². The molecule has 1 N–H and O–H groups in total. The molecule has 1 aliphatic rings. The summed E-state index contributed by atoms with van der Waals surface area (Å²) in [5, 5.41) is 3.07. The lowest BCUT2D eigenvalue weighted by Crippen LogP contribution is -2.34. The second-order valence-electron chi connectivity index (χ2n) is 10.8. The van der Waals surface area contributed by atoms with Crippen molar-refractivity contribution in [3.05, 3.63) is 29.8 Å². The second kappa shape index (κ2) is 22.8. The van der Waals surface area contributed by atoms with Crippen molar-refractivity contribution in [3.8, 4) is 5.75 Å². The third kappa shape index (κ3) is 18.9. The Morgan fingerprint density at radius 2 is 1.13 bits per heavy atom. The zero-order valence-corrected chi connectivity index (χ0v) is 27.3. The molecule has 0 unspecified atom stereocenters. The summed E-state index contributed by atoms with van der Waals surface area (Å²) in [7, 11) is 0. The minimum Gasteiger partial charge on any atom is -0.444 e. The first-order valence-electron chi connectivity index (χ1n) is 15.4. The highest BCUT2D eigenvalue weighted by Gasteiger charge is 2.33. The van der Waals surface area contributed by atoms with Gasteiger partial charge in [0.25, 0.3) is 11.8 Å². The highest BCUT2D eigenvalue weighted by Crippen LogP contribution is 2.17. The van der Waals surface area contributed by atoms with E-state index in [2.05, 4.69) is 5.32 Å². The maximum atomic E-state index is 12.1. The highest BCUT2D eigenvalue weighted by molar-refractivity contribution is 6.02. The number of ether oxygens (including phenoxy) is 8. The summed E-state index contributed by atoms with van der Waals surface area (Å²) in [6.45, 7) is 10.2. The fraction of sp³-hybridized carbons (Fsp3) is 0.645. The molecule has 47 heavy (non-hydrogen) atoms. The van der Waals surface area contributed by atoms with Crippen molar-refractivity contribution in [1.29, 1.82) is 0 Å². The average molecular weight is 671 g/mol. The van der Waals surface area contributed by atoms with Crippen LogP contribution in [0.25, 0.3) is 0 Å². The van der Waals surface area contributed by atoms with E-state index in [0.29, 0.717) is 84.3 Å². The monoisotopic (exact) mass is 670 g/mol. The van der Waals surface area contributed by atoms with Crippen LogP contribution in [0, 0.1) is 0 Å². The maximum absolute atomic E-state index is 12.1. The lowest BCUT2D eigenvalue weighted by molar-refractivity contribution is -0.172. The smallest absolute Gasteiger partial charge is 0.407 e. The molecule has 2 rings (SSSR count). The Bertz CT molecular complexity index is 1090. The largest absolute Gasteiger partial charge is 0.444 e. The molecule has 16 nitrogen and oxygen atoms in total. The zero-order valence-electron chi connectivity index (χ0n) is 27.3. The maximum Gasteiger partial charge on any atom is 0.407 e. The molecular formula is C31H46N2O14. The van der Waals surface area contributed by atoms with Gasteiger partial charge in [-0.2, -0.15) is 0 Å². The number of imide groups is 1. The van der Waals surface area contributed by atoms with Gasteiger partial charge in [-0.25, -0.2) is 9.59 Å². The fourth-order valence-electron chi connectivity index (χ4n) is 3.53. The molecule has 1 saturated heterocycles. The van der Waals surface area contributed by atoms with E-state index in [4.69, 9.17) is 42.7 Å². The lowest BCUT2D eigenvalue weighted by atomic mass is 10.2. The number of alkyl carbamates (subject to hydrolysis) is 1. The van der Waals surface area contributed by atoms with Crippen molar-refractivity contribution in [2.24, 2.45) is 0 Å². The average Bonchev–Trinajstić information content (AvgIpc) is 3.33. The number of esters is 1. The minimum atomic E-state index is -0.871. The molecule has 0 atom stereocenters. The first-order valence-corrected chi connectivity index (χ1v) is 15.4. The van der Waals surface area contributed by atoms with Crippen molar-refractivity contribution in [2.75, 3.05) is 85.8 Å². The molecule has 3 amide bonds. The van der Waals surface area contributed by atoms with E-state index in [1.165, 1.54) is 24.3 Å². The van der Waals surface area contributed by atoms with E-state index < -0.39 is 35.4 Å². The van der Waals surface area contributed by atoms with Crippen LogP contribution in [-0.4, -0.2) is 126 Å². The molecule has 1 heterocycles. The summed E-state index contributed by atoms with van der Waals surface area (Å²) < 4.78 is 42.7. The summed E-state index contributed by atoms with van der Waals surface area (Å²) >= 11 is 0. The molecule has 0 spiro atoms. The van der Waals surface area contributed by atoms with Gasteiger partial charge in [0.1, 0.15) is 11.4 Å². The number of carbonyl (C=O) groups excluding carboxylic acids is 5. The minimum absolute atomic E-state index is 0.00285. The molecular weight excluding hydrogens is 624 g/mol. The van der Waals surface area contributed by atoms with Crippen LogP contribution in [0.3, 0.4) is 0 Å². The number of benzene rings is 1. The van der Waals surface area contributed by atoms with Crippen LogP contribution >= 0.6 is 0 Å². The number of nitrogens with one attached hydrogen (secondary N) is 1. The third-order valence-electron chi connectivity index (χ3n) is 5.73. The first kappa shape index (κ1) is 39.5. The standard InChI is InChI=1S/C31H46N2O14/c1-31(2,3)46-30(38)32-11-13-40-15-17-42-19-21-44-23-22-43-20-18-41-16-14-39-12-10-28(36)45-25-6-4-24(5-7-25)29(37)47-33-26(34)8-9-27(33)35/h4-7H,8-23H2,1-3H3,(H,32,38). The summed E-state index contributed by atoms with van der Waals surface area (Å²) in [6, 6.07) is 5.51. The number of hydrogen-bond acceptors (Lipinski definition) is 14. The van der Waals surface area contributed by atoms with Crippen LogP contribution in [0.1, 0.15) is 50.4 Å². The van der Waals surface area contributed by atoms with Crippen molar-refractivity contribution >= 4 is 29.8 Å². The Balaban J connectivity index is 1.32. The molecule has 0 aromatic heterocycles. The van der Waals surface area contributed by atoms with Crippen molar-refractivity contribution in [2.45, 2.75) is 45.6 Å². The van der Waals surface area contributed by atoms with Crippen LogP contribution < -0.4 is 10.1 Å².